The van der Waals surface area contributed by atoms with Gasteiger partial charge in [-0.15, -0.1) is 0 Å². The highest BCUT2D eigenvalue weighted by Gasteiger charge is 2.06. The van der Waals surface area contributed by atoms with Gasteiger partial charge in [-0.3, -0.25) is 4.79 Å². The highest BCUT2D eigenvalue weighted by molar-refractivity contribution is 5.93. The lowest BCUT2D eigenvalue weighted by Gasteiger charge is -2.08. The molecule has 1 aromatic heterocycles. The average molecular weight is 312 g/mol. The molecule has 5 nitrogen and oxygen atoms in total. The summed E-state index contributed by atoms with van der Waals surface area (Å²) in [6.45, 7) is 5.68. The van der Waals surface area contributed by atoms with Crippen LogP contribution in [0.4, 0.5) is 5.95 Å². The van der Waals surface area contributed by atoms with E-state index in [4.69, 9.17) is 0 Å². The fourth-order valence-corrected chi connectivity index (χ4v) is 2.07. The Morgan fingerprint density at radius 1 is 1.13 bits per heavy atom. The largest absolute Gasteiger partial charge is 0.354 e. The molecule has 2 rings (SSSR count). The van der Waals surface area contributed by atoms with Crippen LogP contribution in [0.15, 0.2) is 42.7 Å². The normalized spacial score (nSPS) is 10.6. The Bertz CT molecular complexity index is 596. The van der Waals surface area contributed by atoms with Gasteiger partial charge in [0.15, 0.2) is 0 Å². The monoisotopic (exact) mass is 312 g/mol. The van der Waals surface area contributed by atoms with E-state index in [1.807, 2.05) is 18.2 Å². The molecule has 1 amide bonds. The lowest BCUT2D eigenvalue weighted by molar-refractivity contribution is 0.0952. The average Bonchev–Trinajstić information content (AvgIpc) is 2.58. The summed E-state index contributed by atoms with van der Waals surface area (Å²) in [5, 5.41) is 6.03. The minimum absolute atomic E-state index is 0.131. The molecular weight excluding hydrogens is 288 g/mol. The third-order valence-corrected chi connectivity index (χ3v) is 3.35. The van der Waals surface area contributed by atoms with Gasteiger partial charge in [0.25, 0.3) is 5.91 Å². The summed E-state index contributed by atoms with van der Waals surface area (Å²) in [6.07, 6.45) is 4.98. The Hall–Kier alpha value is -2.43. The molecule has 0 saturated carbocycles. The lowest BCUT2D eigenvalue weighted by atomic mass is 10.1. The van der Waals surface area contributed by atoms with Crippen molar-refractivity contribution in [1.29, 1.82) is 0 Å². The van der Waals surface area contributed by atoms with Gasteiger partial charge in [-0.1, -0.05) is 44.2 Å². The van der Waals surface area contributed by atoms with Gasteiger partial charge in [0.1, 0.15) is 0 Å². The van der Waals surface area contributed by atoms with Gasteiger partial charge in [-0.05, 0) is 24.3 Å². The van der Waals surface area contributed by atoms with Crippen LogP contribution in [0.3, 0.4) is 0 Å². The van der Waals surface area contributed by atoms with Crippen molar-refractivity contribution < 1.29 is 4.79 Å². The molecule has 23 heavy (non-hydrogen) atoms. The zero-order valence-electron chi connectivity index (χ0n) is 13.7. The Kier molecular flexibility index (Phi) is 6.54. The van der Waals surface area contributed by atoms with Crippen molar-refractivity contribution in [1.82, 2.24) is 15.3 Å². The Balaban J connectivity index is 1.72. The first kappa shape index (κ1) is 16.9. The predicted molar refractivity (Wildman–Crippen MR) is 92.5 cm³/mol. The summed E-state index contributed by atoms with van der Waals surface area (Å²) in [5.41, 5.74) is 1.77. The second kappa shape index (κ2) is 8.88. The SMILES string of the molecule is CC(C)CNc1ncc(C(=O)NCCCc2ccccc2)cn1. The van der Waals surface area contributed by atoms with Crippen molar-refractivity contribution in [3.8, 4) is 0 Å². The third kappa shape index (κ3) is 6.06. The highest BCUT2D eigenvalue weighted by atomic mass is 16.1. The third-order valence-electron chi connectivity index (χ3n) is 3.35. The van der Waals surface area contributed by atoms with E-state index in [1.165, 1.54) is 5.56 Å². The van der Waals surface area contributed by atoms with E-state index in [2.05, 4.69) is 46.6 Å². The molecule has 0 aliphatic carbocycles. The first-order valence-corrected chi connectivity index (χ1v) is 8.03. The van der Waals surface area contributed by atoms with Crippen LogP contribution in [0, 0.1) is 5.92 Å². The first-order valence-electron chi connectivity index (χ1n) is 8.03. The maximum absolute atomic E-state index is 12.0. The maximum atomic E-state index is 12.0. The number of rotatable bonds is 8. The fourth-order valence-electron chi connectivity index (χ4n) is 2.07. The number of hydrogen-bond donors (Lipinski definition) is 2. The zero-order valence-corrected chi connectivity index (χ0v) is 13.7. The van der Waals surface area contributed by atoms with Gasteiger partial charge in [0.2, 0.25) is 5.95 Å². The molecule has 5 heteroatoms. The zero-order chi connectivity index (χ0) is 16.5. The summed E-state index contributed by atoms with van der Waals surface area (Å²) in [6, 6.07) is 10.3. The highest BCUT2D eigenvalue weighted by Crippen LogP contribution is 2.03. The molecule has 2 N–H and O–H groups in total. The Labute approximate surface area is 137 Å². The summed E-state index contributed by atoms with van der Waals surface area (Å²) >= 11 is 0. The van der Waals surface area contributed by atoms with E-state index in [1.54, 1.807) is 12.4 Å². The van der Waals surface area contributed by atoms with E-state index in [0.29, 0.717) is 24.0 Å². The standard InChI is InChI=1S/C18H24N4O/c1-14(2)11-20-18-21-12-16(13-22-18)17(23)19-10-6-9-15-7-4-3-5-8-15/h3-5,7-8,12-14H,6,9-11H2,1-2H3,(H,19,23)(H,20,21,22). The van der Waals surface area contributed by atoms with E-state index in [9.17, 15) is 4.79 Å². The van der Waals surface area contributed by atoms with Crippen molar-refractivity contribution in [2.24, 2.45) is 5.92 Å². The molecule has 2 aromatic rings. The van der Waals surface area contributed by atoms with Crippen molar-refractivity contribution >= 4 is 11.9 Å². The fraction of sp³-hybridized carbons (Fsp3) is 0.389. The molecular formula is C18H24N4O. The minimum atomic E-state index is -0.131. The molecule has 0 atom stereocenters. The molecule has 0 aliphatic heterocycles. The number of anilines is 1. The van der Waals surface area contributed by atoms with Gasteiger partial charge >= 0.3 is 0 Å². The first-order chi connectivity index (χ1) is 11.1. The van der Waals surface area contributed by atoms with Gasteiger partial charge in [-0.2, -0.15) is 0 Å². The molecule has 0 aliphatic rings. The molecule has 0 bridgehead atoms. The van der Waals surface area contributed by atoms with Crippen molar-refractivity contribution in [2.75, 3.05) is 18.4 Å². The van der Waals surface area contributed by atoms with Crippen LogP contribution in [0.1, 0.15) is 36.2 Å². The van der Waals surface area contributed by atoms with Crippen molar-refractivity contribution in [2.45, 2.75) is 26.7 Å². The molecule has 122 valence electrons. The van der Waals surface area contributed by atoms with Crippen molar-refractivity contribution in [3.05, 3.63) is 53.9 Å². The molecule has 0 radical (unpaired) electrons. The van der Waals surface area contributed by atoms with Gasteiger partial charge in [-0.25, -0.2) is 9.97 Å². The quantitative estimate of drug-likeness (QED) is 0.736. The van der Waals surface area contributed by atoms with E-state index < -0.39 is 0 Å². The van der Waals surface area contributed by atoms with E-state index >= 15 is 0 Å². The van der Waals surface area contributed by atoms with Gasteiger partial charge in [0.05, 0.1) is 5.56 Å². The summed E-state index contributed by atoms with van der Waals surface area (Å²) < 4.78 is 0. The topological polar surface area (TPSA) is 66.9 Å². The molecule has 0 fully saturated rings. The van der Waals surface area contributed by atoms with Crippen LogP contribution in [-0.4, -0.2) is 29.0 Å². The second-order valence-corrected chi connectivity index (χ2v) is 5.92. The summed E-state index contributed by atoms with van der Waals surface area (Å²) in [5.74, 6) is 0.944. The number of carbonyl (C=O) groups is 1. The number of aromatic nitrogens is 2. The molecule has 0 spiro atoms. The number of benzene rings is 1. The van der Waals surface area contributed by atoms with Crippen LogP contribution in [0.2, 0.25) is 0 Å². The molecule has 0 unspecified atom stereocenters. The summed E-state index contributed by atoms with van der Waals surface area (Å²) in [4.78, 5) is 20.4. The number of nitrogens with one attached hydrogen (secondary N) is 2. The van der Waals surface area contributed by atoms with E-state index in [0.717, 1.165) is 19.4 Å². The van der Waals surface area contributed by atoms with Gasteiger partial charge < -0.3 is 10.6 Å². The number of hydrogen-bond acceptors (Lipinski definition) is 4. The second-order valence-electron chi connectivity index (χ2n) is 5.92. The Morgan fingerprint density at radius 2 is 1.83 bits per heavy atom. The van der Waals surface area contributed by atoms with Crippen LogP contribution in [0.25, 0.3) is 0 Å². The van der Waals surface area contributed by atoms with Gasteiger partial charge in [0, 0.05) is 25.5 Å². The number of nitrogens with zero attached hydrogens (tertiary/aromatic N) is 2. The number of carbonyl (C=O) groups excluding carboxylic acids is 1. The maximum Gasteiger partial charge on any atom is 0.254 e. The van der Waals surface area contributed by atoms with Crippen LogP contribution < -0.4 is 10.6 Å². The van der Waals surface area contributed by atoms with Crippen LogP contribution >= 0.6 is 0 Å². The Morgan fingerprint density at radius 3 is 2.48 bits per heavy atom. The lowest BCUT2D eigenvalue weighted by Crippen LogP contribution is -2.25. The van der Waals surface area contributed by atoms with Crippen molar-refractivity contribution in [3.63, 3.8) is 0 Å². The van der Waals surface area contributed by atoms with Crippen LogP contribution in [0.5, 0.6) is 0 Å². The molecule has 1 aromatic carbocycles. The number of aryl methyl sites for hydroxylation is 1. The molecule has 0 saturated heterocycles. The summed E-state index contributed by atoms with van der Waals surface area (Å²) in [7, 11) is 0. The van der Waals surface area contributed by atoms with Crippen LogP contribution in [-0.2, 0) is 6.42 Å². The predicted octanol–water partition coefficient (Wildman–Crippen LogP) is 2.91. The smallest absolute Gasteiger partial charge is 0.254 e. The number of amides is 1. The minimum Gasteiger partial charge on any atom is -0.354 e. The van der Waals surface area contributed by atoms with E-state index in [-0.39, 0.29) is 5.91 Å². The molecule has 1 heterocycles.